The van der Waals surface area contributed by atoms with Crippen molar-refractivity contribution >= 4 is 0 Å². The summed E-state index contributed by atoms with van der Waals surface area (Å²) in [6.07, 6.45) is 0.339. The molecule has 0 aromatic rings. The number of rotatable bonds is 4. The minimum absolute atomic E-state index is 0.0421. The van der Waals surface area contributed by atoms with Gasteiger partial charge in [0.2, 0.25) is 0 Å². The predicted molar refractivity (Wildman–Crippen MR) is 54.3 cm³/mol. The fourth-order valence-corrected chi connectivity index (χ4v) is 0.686. The van der Waals surface area contributed by atoms with Gasteiger partial charge in [-0.2, -0.15) is 0 Å². The summed E-state index contributed by atoms with van der Waals surface area (Å²) in [5.41, 5.74) is 5.07. The molecular weight excluding hydrogens is 166 g/mol. The maximum absolute atomic E-state index is 9.41. The van der Waals surface area contributed by atoms with Crippen molar-refractivity contribution in [1.82, 2.24) is 0 Å². The van der Waals surface area contributed by atoms with Crippen molar-refractivity contribution in [2.24, 2.45) is 11.1 Å². The van der Waals surface area contributed by atoms with Crippen molar-refractivity contribution in [2.45, 2.75) is 52.9 Å². The van der Waals surface area contributed by atoms with Crippen LogP contribution >= 0.6 is 0 Å². The third-order valence-corrected chi connectivity index (χ3v) is 1.86. The van der Waals surface area contributed by atoms with Gasteiger partial charge in [0.15, 0.2) is 0 Å². The number of hydrogen-bond donors (Lipinski definition) is 2. The Bertz CT molecular complexity index is 144. The molecule has 0 rings (SSSR count). The quantitative estimate of drug-likeness (QED) is 0.659. The average molecular weight is 189 g/mol. The highest BCUT2D eigenvalue weighted by Crippen LogP contribution is 2.19. The molecule has 0 spiro atoms. The highest BCUT2D eigenvalue weighted by Gasteiger charge is 2.22. The summed E-state index contributed by atoms with van der Waals surface area (Å²) in [6, 6.07) is 0. The van der Waals surface area contributed by atoms with E-state index >= 15 is 0 Å². The normalized spacial score (nSPS) is 15.9. The van der Waals surface area contributed by atoms with E-state index in [9.17, 15) is 5.11 Å². The van der Waals surface area contributed by atoms with E-state index in [1.165, 1.54) is 0 Å². The van der Waals surface area contributed by atoms with E-state index in [0.717, 1.165) is 0 Å². The Morgan fingerprint density at radius 2 is 1.69 bits per heavy atom. The minimum atomic E-state index is -0.669. The minimum Gasteiger partial charge on any atom is -0.390 e. The molecule has 0 bridgehead atoms. The second kappa shape index (κ2) is 4.40. The van der Waals surface area contributed by atoms with Crippen LogP contribution in [0.5, 0.6) is 0 Å². The zero-order chi connectivity index (χ0) is 10.7. The molecule has 0 saturated heterocycles. The largest absolute Gasteiger partial charge is 0.390 e. The first-order valence-corrected chi connectivity index (χ1v) is 4.72. The van der Waals surface area contributed by atoms with Crippen LogP contribution in [-0.2, 0) is 4.74 Å². The Morgan fingerprint density at radius 1 is 1.23 bits per heavy atom. The maximum Gasteiger partial charge on any atom is 0.110 e. The highest BCUT2D eigenvalue weighted by atomic mass is 16.5. The second-order valence-electron chi connectivity index (χ2n) is 5.22. The lowest BCUT2D eigenvalue weighted by molar-refractivity contribution is -0.0403. The monoisotopic (exact) mass is 189 g/mol. The summed E-state index contributed by atoms with van der Waals surface area (Å²) in [7, 11) is 0. The average Bonchev–Trinajstić information content (AvgIpc) is 1.82. The molecular formula is C10H23NO2. The summed E-state index contributed by atoms with van der Waals surface area (Å²) in [5.74, 6) is 0. The number of aliphatic hydroxyl groups is 1. The van der Waals surface area contributed by atoms with Gasteiger partial charge >= 0.3 is 0 Å². The van der Waals surface area contributed by atoms with E-state index in [0.29, 0.717) is 13.0 Å². The number of nitrogens with two attached hydrogens (primary N) is 1. The molecule has 3 N–H and O–H groups in total. The van der Waals surface area contributed by atoms with Crippen LogP contribution in [0.2, 0.25) is 0 Å². The maximum atomic E-state index is 9.41. The lowest BCUT2D eigenvalue weighted by atomic mass is 9.95. The molecule has 0 aliphatic carbocycles. The second-order valence-corrected chi connectivity index (χ2v) is 5.22. The summed E-state index contributed by atoms with van der Waals surface area (Å²) in [5, 5.41) is 9.41. The van der Waals surface area contributed by atoms with Crippen molar-refractivity contribution in [1.29, 1.82) is 0 Å². The fourth-order valence-electron chi connectivity index (χ4n) is 0.686. The lowest BCUT2D eigenvalue weighted by Crippen LogP contribution is -2.38. The van der Waals surface area contributed by atoms with Crippen LogP contribution < -0.4 is 5.73 Å². The van der Waals surface area contributed by atoms with Crippen LogP contribution in [0.15, 0.2) is 0 Å². The molecule has 80 valence electrons. The molecule has 1 unspecified atom stereocenters. The molecule has 0 radical (unpaired) electrons. The van der Waals surface area contributed by atoms with Gasteiger partial charge in [-0.15, -0.1) is 0 Å². The first-order valence-electron chi connectivity index (χ1n) is 4.72. The van der Waals surface area contributed by atoms with E-state index in [2.05, 4.69) is 0 Å². The van der Waals surface area contributed by atoms with Crippen LogP contribution in [-0.4, -0.2) is 23.5 Å². The fraction of sp³-hybridized carbons (Fsp3) is 1.00. The Kier molecular flexibility index (Phi) is 4.36. The summed E-state index contributed by atoms with van der Waals surface area (Å²) in [6.45, 7) is 10.1. The van der Waals surface area contributed by atoms with E-state index in [1.807, 2.05) is 20.8 Å². The third kappa shape index (κ3) is 6.99. The Morgan fingerprint density at radius 3 is 2.00 bits per heavy atom. The molecule has 0 aromatic heterocycles. The topological polar surface area (TPSA) is 55.5 Å². The Hall–Kier alpha value is -0.120. The van der Waals surface area contributed by atoms with Gasteiger partial charge in [-0.05, 0) is 20.3 Å². The zero-order valence-electron chi connectivity index (χ0n) is 9.42. The van der Waals surface area contributed by atoms with Crippen LogP contribution in [0.4, 0.5) is 0 Å². The van der Waals surface area contributed by atoms with Crippen LogP contribution in [0.3, 0.4) is 0 Å². The van der Waals surface area contributed by atoms with Crippen molar-refractivity contribution in [2.75, 3.05) is 6.61 Å². The predicted octanol–water partition coefficient (Wildman–Crippen LogP) is 1.49. The SMILES string of the molecule is CC(C)(O)CCOC(N)C(C)(C)C. The molecule has 1 atom stereocenters. The van der Waals surface area contributed by atoms with Gasteiger partial charge in [0.05, 0.1) is 12.2 Å². The highest BCUT2D eigenvalue weighted by molar-refractivity contribution is 4.70. The van der Waals surface area contributed by atoms with E-state index in [-0.39, 0.29) is 11.6 Å². The van der Waals surface area contributed by atoms with Gasteiger partial charge < -0.3 is 15.6 Å². The molecule has 0 aliphatic heterocycles. The van der Waals surface area contributed by atoms with Gasteiger partial charge in [-0.3, -0.25) is 0 Å². The van der Waals surface area contributed by atoms with Crippen molar-refractivity contribution < 1.29 is 9.84 Å². The first-order chi connectivity index (χ1) is 5.63. The molecule has 0 heterocycles. The summed E-state index contributed by atoms with van der Waals surface area (Å²) < 4.78 is 5.40. The van der Waals surface area contributed by atoms with E-state index in [1.54, 1.807) is 13.8 Å². The molecule has 13 heavy (non-hydrogen) atoms. The van der Waals surface area contributed by atoms with E-state index in [4.69, 9.17) is 10.5 Å². The van der Waals surface area contributed by atoms with Crippen LogP contribution in [0.1, 0.15) is 41.0 Å². The third-order valence-electron chi connectivity index (χ3n) is 1.86. The van der Waals surface area contributed by atoms with Gasteiger partial charge in [0, 0.05) is 5.41 Å². The Balaban J connectivity index is 3.67. The summed E-state index contributed by atoms with van der Waals surface area (Å²) in [4.78, 5) is 0. The molecule has 0 amide bonds. The molecule has 0 fully saturated rings. The van der Waals surface area contributed by atoms with Crippen LogP contribution in [0.25, 0.3) is 0 Å². The van der Waals surface area contributed by atoms with Gasteiger partial charge in [-0.1, -0.05) is 20.8 Å². The molecule has 0 aliphatic rings. The molecule has 0 aromatic carbocycles. The zero-order valence-corrected chi connectivity index (χ0v) is 9.42. The standard InChI is InChI=1S/C10H23NO2/c1-9(2,3)8(11)13-7-6-10(4,5)12/h8,12H,6-7,11H2,1-5H3. The molecule has 3 heteroatoms. The lowest BCUT2D eigenvalue weighted by Gasteiger charge is -2.28. The van der Waals surface area contributed by atoms with Crippen molar-refractivity contribution in [3.63, 3.8) is 0 Å². The number of hydrogen-bond acceptors (Lipinski definition) is 3. The van der Waals surface area contributed by atoms with Crippen LogP contribution in [0, 0.1) is 5.41 Å². The smallest absolute Gasteiger partial charge is 0.110 e. The van der Waals surface area contributed by atoms with E-state index < -0.39 is 5.60 Å². The van der Waals surface area contributed by atoms with Crippen molar-refractivity contribution in [3.05, 3.63) is 0 Å². The first kappa shape index (κ1) is 12.9. The number of ether oxygens (including phenoxy) is 1. The van der Waals surface area contributed by atoms with Gasteiger partial charge in [0.1, 0.15) is 6.23 Å². The Labute approximate surface area is 81.3 Å². The molecule has 0 saturated carbocycles. The van der Waals surface area contributed by atoms with Gasteiger partial charge in [-0.25, -0.2) is 0 Å². The van der Waals surface area contributed by atoms with Crippen molar-refractivity contribution in [3.8, 4) is 0 Å². The summed E-state index contributed by atoms with van der Waals surface area (Å²) >= 11 is 0. The van der Waals surface area contributed by atoms with Gasteiger partial charge in [0.25, 0.3) is 0 Å². The molecule has 3 nitrogen and oxygen atoms in total.